The third kappa shape index (κ3) is 3.65. The molecule has 0 unspecified atom stereocenters. The number of hydrogen-bond donors (Lipinski definition) is 1. The molecule has 1 heterocycles. The van der Waals surface area contributed by atoms with Crippen LogP contribution in [0.25, 0.3) is 0 Å². The van der Waals surface area contributed by atoms with Gasteiger partial charge in [0.2, 0.25) is 0 Å². The molecule has 0 saturated heterocycles. The second-order valence-corrected chi connectivity index (χ2v) is 4.34. The number of methoxy groups -OCH3 is 1. The zero-order valence-corrected chi connectivity index (χ0v) is 11.6. The number of nitrogens with zero attached hydrogens (tertiary/aromatic N) is 1. The van der Waals surface area contributed by atoms with Crippen LogP contribution in [0.3, 0.4) is 0 Å². The van der Waals surface area contributed by atoms with Crippen LogP contribution in [0, 0.1) is 0 Å². The first-order chi connectivity index (χ1) is 8.49. The number of halogens is 2. The Balaban J connectivity index is 2.70. The maximum Gasteiger partial charge on any atom is 0.307 e. The van der Waals surface area contributed by atoms with Crippen molar-refractivity contribution in [3.05, 3.63) is 21.9 Å². The van der Waals surface area contributed by atoms with E-state index in [0.717, 1.165) is 0 Å². The number of carbonyl (C=O) groups excluding carboxylic acids is 2. The number of nitrogens with one attached hydrogen (secondary N) is 1. The fourth-order valence-electron chi connectivity index (χ4n) is 1.42. The van der Waals surface area contributed by atoms with Crippen LogP contribution < -0.4 is 0 Å². The first-order valence-electron chi connectivity index (χ1n) is 5.39. The first-order valence-corrected chi connectivity index (χ1v) is 6.15. The zero-order chi connectivity index (χ0) is 13.7. The largest absolute Gasteiger partial charge is 0.469 e. The number of ether oxygens (including phenoxy) is 1. The van der Waals surface area contributed by atoms with Crippen molar-refractivity contribution in [2.45, 2.75) is 13.3 Å². The van der Waals surface area contributed by atoms with Gasteiger partial charge in [0.25, 0.3) is 5.91 Å². The number of aromatic nitrogens is 1. The van der Waals surface area contributed by atoms with E-state index in [9.17, 15) is 9.59 Å². The molecule has 100 valence electrons. The number of aromatic amines is 1. The van der Waals surface area contributed by atoms with Crippen LogP contribution >= 0.6 is 23.2 Å². The molecule has 1 N–H and O–H groups in total. The molecular formula is C11H14Cl2N2O3. The smallest absolute Gasteiger partial charge is 0.307 e. The second-order valence-electron chi connectivity index (χ2n) is 3.56. The molecule has 5 nitrogen and oxygen atoms in total. The van der Waals surface area contributed by atoms with Gasteiger partial charge in [0, 0.05) is 13.1 Å². The van der Waals surface area contributed by atoms with Gasteiger partial charge >= 0.3 is 5.97 Å². The molecule has 0 fully saturated rings. The summed E-state index contributed by atoms with van der Waals surface area (Å²) in [5, 5.41) is 0.521. The van der Waals surface area contributed by atoms with E-state index in [1.807, 2.05) is 6.92 Å². The number of H-pyrrole nitrogens is 1. The monoisotopic (exact) mass is 292 g/mol. The lowest BCUT2D eigenvalue weighted by Crippen LogP contribution is -2.33. The molecule has 1 aromatic heterocycles. The zero-order valence-electron chi connectivity index (χ0n) is 10.1. The lowest BCUT2D eigenvalue weighted by atomic mass is 10.3. The predicted molar refractivity (Wildman–Crippen MR) is 69.0 cm³/mol. The van der Waals surface area contributed by atoms with E-state index < -0.39 is 0 Å². The van der Waals surface area contributed by atoms with Gasteiger partial charge in [-0.15, -0.1) is 0 Å². The van der Waals surface area contributed by atoms with Crippen molar-refractivity contribution in [3.63, 3.8) is 0 Å². The van der Waals surface area contributed by atoms with Gasteiger partial charge in [0.15, 0.2) is 0 Å². The number of carbonyl (C=O) groups is 2. The molecule has 0 saturated carbocycles. The Labute approximate surface area is 115 Å². The summed E-state index contributed by atoms with van der Waals surface area (Å²) in [6.45, 7) is 2.59. The van der Waals surface area contributed by atoms with Crippen molar-refractivity contribution in [1.29, 1.82) is 0 Å². The predicted octanol–water partition coefficient (Wildman–Crippen LogP) is 2.35. The summed E-state index contributed by atoms with van der Waals surface area (Å²) in [4.78, 5) is 27.3. The van der Waals surface area contributed by atoms with Gasteiger partial charge in [-0.3, -0.25) is 9.59 Å². The third-order valence-corrected chi connectivity index (χ3v) is 3.13. The molecule has 18 heavy (non-hydrogen) atoms. The second kappa shape index (κ2) is 6.66. The Morgan fingerprint density at radius 1 is 1.44 bits per heavy atom. The van der Waals surface area contributed by atoms with Crippen LogP contribution in [0.15, 0.2) is 6.07 Å². The van der Waals surface area contributed by atoms with Gasteiger partial charge in [-0.2, -0.15) is 0 Å². The van der Waals surface area contributed by atoms with E-state index in [1.54, 1.807) is 0 Å². The van der Waals surface area contributed by atoms with E-state index >= 15 is 0 Å². The van der Waals surface area contributed by atoms with Crippen LogP contribution in [0.2, 0.25) is 10.2 Å². The Morgan fingerprint density at radius 2 is 2.11 bits per heavy atom. The lowest BCUT2D eigenvalue weighted by Gasteiger charge is -2.19. The SMILES string of the molecule is CCN(CCC(=O)OC)C(=O)c1cc(Cl)c(Cl)[nH]1. The van der Waals surface area contributed by atoms with Gasteiger partial charge < -0.3 is 14.6 Å². The fraction of sp³-hybridized carbons (Fsp3) is 0.455. The summed E-state index contributed by atoms with van der Waals surface area (Å²) in [5.74, 6) is -0.612. The minimum atomic E-state index is -0.358. The molecule has 0 aliphatic carbocycles. The molecule has 1 rings (SSSR count). The Hall–Kier alpha value is -1.20. The van der Waals surface area contributed by atoms with Crippen molar-refractivity contribution < 1.29 is 14.3 Å². The average Bonchev–Trinajstić information content (AvgIpc) is 2.69. The average molecular weight is 293 g/mol. The standard InChI is InChI=1S/C11H14Cl2N2O3/c1-3-15(5-4-9(16)18-2)11(17)8-6-7(12)10(13)14-8/h6,14H,3-5H2,1-2H3. The van der Waals surface area contributed by atoms with Crippen LogP contribution in [-0.4, -0.2) is 42.0 Å². The van der Waals surface area contributed by atoms with Gasteiger partial charge in [-0.1, -0.05) is 23.2 Å². The third-order valence-electron chi connectivity index (χ3n) is 2.44. The van der Waals surface area contributed by atoms with Crippen molar-refractivity contribution in [3.8, 4) is 0 Å². The van der Waals surface area contributed by atoms with E-state index in [0.29, 0.717) is 17.3 Å². The molecular weight excluding hydrogens is 279 g/mol. The molecule has 1 aromatic rings. The summed E-state index contributed by atoms with van der Waals surface area (Å²) in [7, 11) is 1.31. The molecule has 0 bridgehead atoms. The Bertz CT molecular complexity index is 426. The Morgan fingerprint density at radius 3 is 2.56 bits per heavy atom. The number of hydrogen-bond acceptors (Lipinski definition) is 3. The van der Waals surface area contributed by atoms with Gasteiger partial charge in [-0.25, -0.2) is 0 Å². The molecule has 0 aliphatic heterocycles. The van der Waals surface area contributed by atoms with Crippen molar-refractivity contribution >= 4 is 35.1 Å². The maximum absolute atomic E-state index is 12.1. The molecule has 0 aromatic carbocycles. The van der Waals surface area contributed by atoms with Gasteiger partial charge in [-0.05, 0) is 13.0 Å². The van der Waals surface area contributed by atoms with E-state index in [4.69, 9.17) is 23.2 Å². The molecule has 1 amide bonds. The minimum Gasteiger partial charge on any atom is -0.469 e. The van der Waals surface area contributed by atoms with Crippen molar-refractivity contribution in [2.24, 2.45) is 0 Å². The van der Waals surface area contributed by atoms with E-state index in [1.165, 1.54) is 18.1 Å². The van der Waals surface area contributed by atoms with Gasteiger partial charge in [0.1, 0.15) is 10.8 Å². The highest BCUT2D eigenvalue weighted by Crippen LogP contribution is 2.22. The molecule has 7 heteroatoms. The summed E-state index contributed by atoms with van der Waals surface area (Å²) < 4.78 is 4.53. The van der Waals surface area contributed by atoms with Crippen molar-refractivity contribution in [1.82, 2.24) is 9.88 Å². The normalized spacial score (nSPS) is 10.2. The van der Waals surface area contributed by atoms with Crippen LogP contribution in [-0.2, 0) is 9.53 Å². The number of rotatable bonds is 5. The van der Waals surface area contributed by atoms with E-state index in [2.05, 4.69) is 9.72 Å². The highest BCUT2D eigenvalue weighted by molar-refractivity contribution is 6.41. The summed E-state index contributed by atoms with van der Waals surface area (Å²) in [6.07, 6.45) is 0.151. The molecule has 0 aliphatic rings. The summed E-state index contributed by atoms with van der Waals surface area (Å²) in [5.41, 5.74) is 0.303. The minimum absolute atomic E-state index is 0.151. The van der Waals surface area contributed by atoms with Crippen LogP contribution in [0.5, 0.6) is 0 Å². The topological polar surface area (TPSA) is 62.4 Å². The molecule has 0 atom stereocenters. The number of amides is 1. The fourth-order valence-corrected chi connectivity index (χ4v) is 1.73. The lowest BCUT2D eigenvalue weighted by molar-refractivity contribution is -0.140. The summed E-state index contributed by atoms with van der Waals surface area (Å²) in [6, 6.07) is 1.47. The van der Waals surface area contributed by atoms with Crippen LogP contribution in [0.4, 0.5) is 0 Å². The number of esters is 1. The van der Waals surface area contributed by atoms with Crippen LogP contribution in [0.1, 0.15) is 23.8 Å². The first kappa shape index (κ1) is 14.9. The highest BCUT2D eigenvalue weighted by atomic mass is 35.5. The Kier molecular flexibility index (Phi) is 5.50. The molecule has 0 radical (unpaired) electrons. The quantitative estimate of drug-likeness (QED) is 0.848. The molecule has 0 spiro atoms. The highest BCUT2D eigenvalue weighted by Gasteiger charge is 2.18. The summed E-state index contributed by atoms with van der Waals surface area (Å²) >= 11 is 11.5. The maximum atomic E-state index is 12.1. The van der Waals surface area contributed by atoms with Crippen molar-refractivity contribution in [2.75, 3.05) is 20.2 Å². The van der Waals surface area contributed by atoms with Gasteiger partial charge in [0.05, 0.1) is 18.6 Å². The van der Waals surface area contributed by atoms with E-state index in [-0.39, 0.29) is 30.0 Å².